The molecule has 2 N–H and O–H groups in total. The van der Waals surface area contributed by atoms with E-state index in [0.717, 1.165) is 25.7 Å². The van der Waals surface area contributed by atoms with Crippen molar-refractivity contribution in [3.05, 3.63) is 0 Å². The van der Waals surface area contributed by atoms with Crippen molar-refractivity contribution in [3.63, 3.8) is 0 Å². The van der Waals surface area contributed by atoms with Gasteiger partial charge in [-0.15, -0.1) is 0 Å². The normalized spacial score (nSPS) is 32.6. The number of aliphatic hydroxyl groups is 1. The van der Waals surface area contributed by atoms with E-state index in [4.69, 9.17) is 4.74 Å². The summed E-state index contributed by atoms with van der Waals surface area (Å²) in [6, 6.07) is 0.950. The Morgan fingerprint density at radius 1 is 1.21 bits per heavy atom. The van der Waals surface area contributed by atoms with Crippen LogP contribution < -0.4 is 5.32 Å². The van der Waals surface area contributed by atoms with Gasteiger partial charge in [-0.05, 0) is 39.5 Å². The van der Waals surface area contributed by atoms with Crippen molar-refractivity contribution in [1.29, 1.82) is 0 Å². The van der Waals surface area contributed by atoms with E-state index in [1.807, 2.05) is 0 Å². The minimum absolute atomic E-state index is 0.0665. The van der Waals surface area contributed by atoms with E-state index < -0.39 is 0 Å². The van der Waals surface area contributed by atoms with Crippen LogP contribution in [0.2, 0.25) is 0 Å². The van der Waals surface area contributed by atoms with E-state index in [-0.39, 0.29) is 12.2 Å². The Bertz CT molecular complexity index is 155. The third kappa shape index (κ3) is 3.56. The highest BCUT2D eigenvalue weighted by molar-refractivity contribution is 4.80. The van der Waals surface area contributed by atoms with Gasteiger partial charge in [0.1, 0.15) is 0 Å². The highest BCUT2D eigenvalue weighted by atomic mass is 16.5. The minimum Gasteiger partial charge on any atom is -0.393 e. The molecule has 14 heavy (non-hydrogen) atoms. The van der Waals surface area contributed by atoms with E-state index in [1.165, 1.54) is 0 Å². The largest absolute Gasteiger partial charge is 0.393 e. The lowest BCUT2D eigenvalue weighted by Crippen LogP contribution is -2.45. The van der Waals surface area contributed by atoms with Crippen molar-refractivity contribution >= 4 is 0 Å². The van der Waals surface area contributed by atoms with Gasteiger partial charge in [-0.3, -0.25) is 0 Å². The van der Waals surface area contributed by atoms with Gasteiger partial charge in [0.15, 0.2) is 0 Å². The molecule has 0 aromatic rings. The summed E-state index contributed by atoms with van der Waals surface area (Å²) in [6.07, 6.45) is 4.23. The Hall–Kier alpha value is -0.120. The third-order valence-electron chi connectivity index (χ3n) is 3.27. The smallest absolute Gasteiger partial charge is 0.0693 e. The van der Waals surface area contributed by atoms with Crippen LogP contribution in [0.3, 0.4) is 0 Å². The molecular formula is C11H23NO2. The van der Waals surface area contributed by atoms with Gasteiger partial charge >= 0.3 is 0 Å². The van der Waals surface area contributed by atoms with Gasteiger partial charge in [-0.2, -0.15) is 0 Å². The Balaban J connectivity index is 2.23. The van der Waals surface area contributed by atoms with Crippen LogP contribution in [0.1, 0.15) is 39.5 Å². The van der Waals surface area contributed by atoms with Gasteiger partial charge in [-0.1, -0.05) is 0 Å². The van der Waals surface area contributed by atoms with E-state index in [1.54, 1.807) is 7.11 Å². The van der Waals surface area contributed by atoms with Crippen LogP contribution in [0.15, 0.2) is 0 Å². The van der Waals surface area contributed by atoms with E-state index >= 15 is 0 Å². The maximum absolute atomic E-state index is 9.36. The molecule has 1 saturated carbocycles. The molecule has 0 heterocycles. The fourth-order valence-corrected chi connectivity index (χ4v) is 1.95. The molecule has 2 atom stereocenters. The molecule has 84 valence electrons. The summed E-state index contributed by atoms with van der Waals surface area (Å²) in [4.78, 5) is 0. The first-order valence-corrected chi connectivity index (χ1v) is 5.60. The average molecular weight is 201 g/mol. The zero-order valence-corrected chi connectivity index (χ0v) is 9.49. The summed E-state index contributed by atoms with van der Waals surface area (Å²) < 4.78 is 5.26. The molecule has 0 aromatic heterocycles. The molecular weight excluding hydrogens is 178 g/mol. The van der Waals surface area contributed by atoms with Crippen molar-refractivity contribution in [2.45, 2.75) is 63.8 Å². The molecule has 1 aliphatic rings. The van der Waals surface area contributed by atoms with Gasteiger partial charge < -0.3 is 15.2 Å². The van der Waals surface area contributed by atoms with Crippen LogP contribution in [-0.4, -0.2) is 36.5 Å². The first-order valence-electron chi connectivity index (χ1n) is 5.60. The summed E-state index contributed by atoms with van der Waals surface area (Å²) in [5.41, 5.74) is 0. The van der Waals surface area contributed by atoms with Crippen LogP contribution >= 0.6 is 0 Å². The van der Waals surface area contributed by atoms with Crippen LogP contribution in [0.25, 0.3) is 0 Å². The van der Waals surface area contributed by atoms with Crippen molar-refractivity contribution in [2.24, 2.45) is 0 Å². The Kier molecular flexibility index (Phi) is 4.85. The highest BCUT2D eigenvalue weighted by Crippen LogP contribution is 2.19. The predicted octanol–water partition coefficient (Wildman–Crippen LogP) is 1.30. The summed E-state index contributed by atoms with van der Waals surface area (Å²) >= 11 is 0. The third-order valence-corrected chi connectivity index (χ3v) is 3.27. The van der Waals surface area contributed by atoms with Crippen LogP contribution in [0, 0.1) is 0 Å². The lowest BCUT2D eigenvalue weighted by atomic mass is 9.92. The maximum Gasteiger partial charge on any atom is 0.0693 e. The second-order valence-electron chi connectivity index (χ2n) is 4.40. The number of nitrogens with one attached hydrogen (secondary N) is 1. The zero-order chi connectivity index (χ0) is 10.6. The fourth-order valence-electron chi connectivity index (χ4n) is 1.95. The Morgan fingerprint density at radius 2 is 1.79 bits per heavy atom. The molecule has 0 saturated heterocycles. The molecule has 0 aromatic carbocycles. The second kappa shape index (κ2) is 5.69. The lowest BCUT2D eigenvalue weighted by Gasteiger charge is -2.30. The monoisotopic (exact) mass is 201 g/mol. The maximum atomic E-state index is 9.36. The van der Waals surface area contributed by atoms with Gasteiger partial charge in [0, 0.05) is 19.2 Å². The second-order valence-corrected chi connectivity index (χ2v) is 4.40. The number of aliphatic hydroxyl groups excluding tert-OH is 1. The molecule has 0 spiro atoms. The molecule has 3 nitrogen and oxygen atoms in total. The molecule has 0 amide bonds. The Morgan fingerprint density at radius 3 is 2.29 bits per heavy atom. The standard InChI is InChI=1S/C11H23NO2/c1-8(9(2)14-3)12-10-4-6-11(13)7-5-10/h8-13H,4-7H2,1-3H3. The molecule has 3 heteroatoms. The van der Waals surface area contributed by atoms with Gasteiger partial charge in [0.05, 0.1) is 12.2 Å². The van der Waals surface area contributed by atoms with Gasteiger partial charge in [0.25, 0.3) is 0 Å². The summed E-state index contributed by atoms with van der Waals surface area (Å²) in [5, 5.41) is 12.9. The quantitative estimate of drug-likeness (QED) is 0.720. The number of rotatable bonds is 4. The molecule has 0 aliphatic heterocycles. The van der Waals surface area contributed by atoms with Gasteiger partial charge in [0.2, 0.25) is 0 Å². The summed E-state index contributed by atoms with van der Waals surface area (Å²) in [7, 11) is 1.74. The van der Waals surface area contributed by atoms with Crippen molar-refractivity contribution in [3.8, 4) is 0 Å². The zero-order valence-electron chi connectivity index (χ0n) is 9.49. The first kappa shape index (κ1) is 12.0. The van der Waals surface area contributed by atoms with Crippen molar-refractivity contribution in [2.75, 3.05) is 7.11 Å². The predicted molar refractivity (Wildman–Crippen MR) is 57.3 cm³/mol. The van der Waals surface area contributed by atoms with E-state index in [0.29, 0.717) is 12.1 Å². The molecule has 2 unspecified atom stereocenters. The first-order chi connectivity index (χ1) is 6.63. The molecule has 0 bridgehead atoms. The minimum atomic E-state index is -0.0665. The highest BCUT2D eigenvalue weighted by Gasteiger charge is 2.22. The summed E-state index contributed by atoms with van der Waals surface area (Å²) in [6.45, 7) is 4.23. The SMILES string of the molecule is COC(C)C(C)NC1CCC(O)CC1. The molecule has 1 rings (SSSR count). The Labute approximate surface area is 86.8 Å². The summed E-state index contributed by atoms with van der Waals surface area (Å²) in [5.74, 6) is 0. The number of ether oxygens (including phenoxy) is 1. The van der Waals surface area contributed by atoms with Crippen LogP contribution in [0.5, 0.6) is 0 Å². The van der Waals surface area contributed by atoms with Crippen LogP contribution in [0.4, 0.5) is 0 Å². The fraction of sp³-hybridized carbons (Fsp3) is 1.00. The molecule has 1 fully saturated rings. The molecule has 0 radical (unpaired) electrons. The van der Waals surface area contributed by atoms with Crippen molar-refractivity contribution in [1.82, 2.24) is 5.32 Å². The number of methoxy groups -OCH3 is 1. The topological polar surface area (TPSA) is 41.5 Å². The van der Waals surface area contributed by atoms with E-state index in [9.17, 15) is 5.11 Å². The van der Waals surface area contributed by atoms with E-state index in [2.05, 4.69) is 19.2 Å². The number of hydrogen-bond donors (Lipinski definition) is 2. The van der Waals surface area contributed by atoms with Crippen LogP contribution in [-0.2, 0) is 4.74 Å². The number of hydrogen-bond acceptors (Lipinski definition) is 3. The lowest BCUT2D eigenvalue weighted by molar-refractivity contribution is 0.0722. The van der Waals surface area contributed by atoms with Crippen molar-refractivity contribution < 1.29 is 9.84 Å². The van der Waals surface area contributed by atoms with Gasteiger partial charge in [-0.25, -0.2) is 0 Å². The average Bonchev–Trinajstić information content (AvgIpc) is 2.20. The molecule has 1 aliphatic carbocycles.